The number of hydrogen-bond acceptors (Lipinski definition) is 3. The number of aromatic nitrogens is 2. The number of carbonyl (C=O) groups is 1. The molecule has 1 unspecified atom stereocenters. The van der Waals surface area contributed by atoms with Crippen LogP contribution in [-0.4, -0.2) is 26.9 Å². The molecule has 8 heteroatoms. The number of rotatable bonds is 4. The number of amides is 1. The van der Waals surface area contributed by atoms with Crippen LogP contribution in [0.2, 0.25) is 0 Å². The van der Waals surface area contributed by atoms with E-state index in [0.29, 0.717) is 11.2 Å². The quantitative estimate of drug-likeness (QED) is 0.761. The number of pyridine rings is 1. The van der Waals surface area contributed by atoms with Gasteiger partial charge in [-0.1, -0.05) is 18.2 Å². The summed E-state index contributed by atoms with van der Waals surface area (Å²) in [5, 5.41) is 12.5. The van der Waals surface area contributed by atoms with E-state index in [1.54, 1.807) is 35.1 Å². The minimum atomic E-state index is -4.58. The van der Waals surface area contributed by atoms with Crippen LogP contribution in [0.4, 0.5) is 13.2 Å². The molecule has 2 heterocycles. The van der Waals surface area contributed by atoms with Gasteiger partial charge < -0.3 is 14.8 Å². The van der Waals surface area contributed by atoms with E-state index in [4.69, 9.17) is 0 Å². The van der Waals surface area contributed by atoms with Crippen molar-refractivity contribution in [3.05, 3.63) is 71.7 Å². The highest BCUT2D eigenvalue weighted by Crippen LogP contribution is 2.34. The van der Waals surface area contributed by atoms with E-state index in [9.17, 15) is 23.1 Å². The number of nitrogens with zero attached hydrogens (tertiary/aromatic N) is 2. The standard InChI is InChI=1S/C17H14F3N3O2/c18-17(19,20)13-4-2-1-3-12(13)14(24)9-22-16(25)11-5-6-15-21-7-8-23(15)10-11/h1-8,10,14,24H,9H2,(H,22,25). The molecule has 1 aromatic carbocycles. The number of fused-ring (bicyclic) bond motifs is 1. The van der Waals surface area contributed by atoms with Gasteiger partial charge in [-0.3, -0.25) is 4.79 Å². The second kappa shape index (κ2) is 6.56. The van der Waals surface area contributed by atoms with Crippen molar-refractivity contribution in [3.63, 3.8) is 0 Å². The molecule has 2 aromatic heterocycles. The average molecular weight is 349 g/mol. The summed E-state index contributed by atoms with van der Waals surface area (Å²) in [4.78, 5) is 16.2. The molecule has 0 fully saturated rings. The molecule has 3 rings (SSSR count). The van der Waals surface area contributed by atoms with Crippen LogP contribution in [0.15, 0.2) is 55.0 Å². The van der Waals surface area contributed by atoms with E-state index in [1.807, 2.05) is 0 Å². The maximum Gasteiger partial charge on any atom is 0.416 e. The molecule has 0 aliphatic heterocycles. The van der Waals surface area contributed by atoms with Gasteiger partial charge in [0.05, 0.1) is 17.2 Å². The Kier molecular flexibility index (Phi) is 4.45. The number of hydrogen-bond donors (Lipinski definition) is 2. The van der Waals surface area contributed by atoms with Gasteiger partial charge in [-0.2, -0.15) is 13.2 Å². The minimum absolute atomic E-state index is 0.277. The summed E-state index contributed by atoms with van der Waals surface area (Å²) in [6.07, 6.45) is -1.25. The third kappa shape index (κ3) is 3.63. The highest BCUT2D eigenvalue weighted by Gasteiger charge is 2.34. The lowest BCUT2D eigenvalue weighted by Gasteiger charge is -2.18. The van der Waals surface area contributed by atoms with E-state index in [0.717, 1.165) is 6.07 Å². The summed E-state index contributed by atoms with van der Waals surface area (Å²) in [5.41, 5.74) is -0.227. The monoisotopic (exact) mass is 349 g/mol. The molecule has 0 bridgehead atoms. The molecule has 1 amide bonds. The number of nitrogens with one attached hydrogen (secondary N) is 1. The van der Waals surface area contributed by atoms with E-state index in [2.05, 4.69) is 10.3 Å². The normalized spacial score (nSPS) is 13.0. The summed E-state index contributed by atoms with van der Waals surface area (Å²) in [7, 11) is 0. The Morgan fingerprint density at radius 3 is 2.76 bits per heavy atom. The van der Waals surface area contributed by atoms with E-state index in [-0.39, 0.29) is 12.1 Å². The smallest absolute Gasteiger partial charge is 0.387 e. The first kappa shape index (κ1) is 17.0. The largest absolute Gasteiger partial charge is 0.416 e. The molecule has 0 spiro atoms. The lowest BCUT2D eigenvalue weighted by molar-refractivity contribution is -0.139. The van der Waals surface area contributed by atoms with Crippen molar-refractivity contribution >= 4 is 11.6 Å². The first-order chi connectivity index (χ1) is 11.9. The third-order valence-electron chi connectivity index (χ3n) is 3.73. The van der Waals surface area contributed by atoms with Gasteiger partial charge in [-0.25, -0.2) is 4.98 Å². The predicted molar refractivity (Wildman–Crippen MR) is 83.9 cm³/mol. The first-order valence-electron chi connectivity index (χ1n) is 7.41. The average Bonchev–Trinajstić information content (AvgIpc) is 3.06. The summed E-state index contributed by atoms with van der Waals surface area (Å²) >= 11 is 0. The van der Waals surface area contributed by atoms with Gasteiger partial charge in [-0.05, 0) is 23.8 Å². The molecular formula is C17H14F3N3O2. The number of benzene rings is 1. The molecule has 0 aliphatic rings. The number of imidazole rings is 1. The fourth-order valence-electron chi connectivity index (χ4n) is 2.50. The van der Waals surface area contributed by atoms with Crippen LogP contribution in [0.3, 0.4) is 0 Å². The van der Waals surface area contributed by atoms with Crippen LogP contribution in [0, 0.1) is 0 Å². The number of aliphatic hydroxyl groups is 1. The number of aliphatic hydroxyl groups excluding tert-OH is 1. The molecular weight excluding hydrogens is 335 g/mol. The summed E-state index contributed by atoms with van der Waals surface area (Å²) in [6.45, 7) is -0.339. The zero-order valence-electron chi connectivity index (χ0n) is 12.9. The Bertz CT molecular complexity index is 905. The summed E-state index contributed by atoms with van der Waals surface area (Å²) in [6, 6.07) is 7.93. The van der Waals surface area contributed by atoms with Gasteiger partial charge in [0.25, 0.3) is 5.91 Å². The molecule has 1 atom stereocenters. The zero-order chi connectivity index (χ0) is 18.0. The molecule has 0 aliphatic carbocycles. The van der Waals surface area contributed by atoms with E-state index in [1.165, 1.54) is 18.2 Å². The van der Waals surface area contributed by atoms with Crippen LogP contribution in [0.1, 0.15) is 27.6 Å². The fourth-order valence-corrected chi connectivity index (χ4v) is 2.50. The number of carbonyl (C=O) groups excluding carboxylic acids is 1. The molecule has 25 heavy (non-hydrogen) atoms. The maximum absolute atomic E-state index is 13.0. The fraction of sp³-hybridized carbons (Fsp3) is 0.176. The Morgan fingerprint density at radius 1 is 1.24 bits per heavy atom. The SMILES string of the molecule is O=C(NCC(O)c1ccccc1C(F)(F)F)c1ccc2nccn2c1. The summed E-state index contributed by atoms with van der Waals surface area (Å²) in [5.74, 6) is -0.501. The van der Waals surface area contributed by atoms with Gasteiger partial charge >= 0.3 is 6.18 Å². The molecule has 2 N–H and O–H groups in total. The number of alkyl halides is 3. The molecule has 3 aromatic rings. The Morgan fingerprint density at radius 2 is 2.00 bits per heavy atom. The van der Waals surface area contributed by atoms with Crippen LogP contribution < -0.4 is 5.32 Å². The zero-order valence-corrected chi connectivity index (χ0v) is 12.9. The molecule has 0 saturated carbocycles. The van der Waals surface area contributed by atoms with Crippen LogP contribution in [-0.2, 0) is 6.18 Å². The van der Waals surface area contributed by atoms with E-state index < -0.39 is 23.8 Å². The predicted octanol–water partition coefficient (Wildman–Crippen LogP) is 2.82. The second-order valence-electron chi connectivity index (χ2n) is 5.42. The van der Waals surface area contributed by atoms with Crippen molar-refractivity contribution in [3.8, 4) is 0 Å². The highest BCUT2D eigenvalue weighted by atomic mass is 19.4. The van der Waals surface area contributed by atoms with E-state index >= 15 is 0 Å². The van der Waals surface area contributed by atoms with Gasteiger partial charge in [0.15, 0.2) is 0 Å². The molecule has 0 radical (unpaired) electrons. The van der Waals surface area contributed by atoms with Gasteiger partial charge in [-0.15, -0.1) is 0 Å². The molecule has 0 saturated heterocycles. The summed E-state index contributed by atoms with van der Waals surface area (Å²) < 4.78 is 40.6. The van der Waals surface area contributed by atoms with Crippen molar-refractivity contribution in [2.24, 2.45) is 0 Å². The number of halogens is 3. The van der Waals surface area contributed by atoms with Crippen LogP contribution in [0.5, 0.6) is 0 Å². The van der Waals surface area contributed by atoms with Crippen molar-refractivity contribution in [1.82, 2.24) is 14.7 Å². The topological polar surface area (TPSA) is 66.6 Å². The lowest BCUT2D eigenvalue weighted by atomic mass is 10.0. The van der Waals surface area contributed by atoms with Crippen molar-refractivity contribution in [2.75, 3.05) is 6.54 Å². The Hall–Kier alpha value is -2.87. The van der Waals surface area contributed by atoms with Gasteiger partial charge in [0.2, 0.25) is 0 Å². The highest BCUT2D eigenvalue weighted by molar-refractivity contribution is 5.94. The van der Waals surface area contributed by atoms with Gasteiger partial charge in [0.1, 0.15) is 5.65 Å². The van der Waals surface area contributed by atoms with Crippen molar-refractivity contribution < 1.29 is 23.1 Å². The lowest BCUT2D eigenvalue weighted by Crippen LogP contribution is -2.29. The molecule has 5 nitrogen and oxygen atoms in total. The van der Waals surface area contributed by atoms with Gasteiger partial charge in [0, 0.05) is 25.1 Å². The third-order valence-corrected chi connectivity index (χ3v) is 3.73. The minimum Gasteiger partial charge on any atom is -0.387 e. The molecule has 130 valence electrons. The van der Waals surface area contributed by atoms with Crippen LogP contribution >= 0.6 is 0 Å². The Balaban J connectivity index is 1.72. The maximum atomic E-state index is 13.0. The second-order valence-corrected chi connectivity index (χ2v) is 5.42. The van der Waals surface area contributed by atoms with Crippen LogP contribution in [0.25, 0.3) is 5.65 Å². The Labute approximate surface area is 140 Å². The van der Waals surface area contributed by atoms with Crippen molar-refractivity contribution in [2.45, 2.75) is 12.3 Å². The van der Waals surface area contributed by atoms with Crippen molar-refractivity contribution in [1.29, 1.82) is 0 Å². The first-order valence-corrected chi connectivity index (χ1v) is 7.41.